The second-order valence-electron chi connectivity index (χ2n) is 3.13. The Morgan fingerprint density at radius 1 is 1.33 bits per heavy atom. The molecule has 1 aromatic carbocycles. The second-order valence-corrected chi connectivity index (χ2v) is 4.99. The Balaban J connectivity index is 2.46. The van der Waals surface area contributed by atoms with E-state index in [0.717, 1.165) is 10.9 Å². The van der Waals surface area contributed by atoms with Crippen LogP contribution in [0.25, 0.3) is 10.9 Å². The molecule has 0 aliphatic carbocycles. The lowest BCUT2D eigenvalue weighted by atomic mass is 10.2. The Hall–Kier alpha value is -1.49. The molecule has 0 radical (unpaired) electrons. The molecular formula is C10H11NO3S. The van der Waals surface area contributed by atoms with Gasteiger partial charge in [0, 0.05) is 17.1 Å². The summed E-state index contributed by atoms with van der Waals surface area (Å²) in [5.74, 6) is 0.319. The van der Waals surface area contributed by atoms with Crippen molar-refractivity contribution in [3.63, 3.8) is 0 Å². The van der Waals surface area contributed by atoms with Crippen LogP contribution in [0.3, 0.4) is 0 Å². The van der Waals surface area contributed by atoms with E-state index >= 15 is 0 Å². The highest BCUT2D eigenvalue weighted by Crippen LogP contribution is 2.25. The van der Waals surface area contributed by atoms with Crippen LogP contribution in [0, 0.1) is 0 Å². The molecule has 0 atom stereocenters. The summed E-state index contributed by atoms with van der Waals surface area (Å²) in [6.45, 7) is 1.55. The quantitative estimate of drug-likeness (QED) is 0.811. The van der Waals surface area contributed by atoms with E-state index in [1.54, 1.807) is 13.1 Å². The zero-order valence-electron chi connectivity index (χ0n) is 8.23. The number of para-hydroxylation sites is 1. The molecule has 0 aliphatic heterocycles. The maximum atomic E-state index is 11.3. The smallest absolute Gasteiger partial charge is 0.308 e. The highest BCUT2D eigenvalue weighted by Gasteiger charge is 2.12. The molecule has 0 saturated heterocycles. The molecule has 0 bridgehead atoms. The predicted molar refractivity (Wildman–Crippen MR) is 58.4 cm³/mol. The summed E-state index contributed by atoms with van der Waals surface area (Å²) in [7, 11) is -3.45. The highest BCUT2D eigenvalue weighted by molar-refractivity contribution is 7.87. The number of aromatic amines is 1. The first-order valence-corrected chi connectivity index (χ1v) is 6.18. The van der Waals surface area contributed by atoms with Gasteiger partial charge in [0.05, 0.1) is 5.75 Å². The molecule has 2 rings (SSSR count). The fraction of sp³-hybridized carbons (Fsp3) is 0.200. The molecule has 1 aromatic heterocycles. The van der Waals surface area contributed by atoms with Crippen molar-refractivity contribution in [3.8, 4) is 5.75 Å². The topological polar surface area (TPSA) is 59.2 Å². The third-order valence-corrected chi connectivity index (χ3v) is 3.26. The number of hydrogen-bond acceptors (Lipinski definition) is 3. The van der Waals surface area contributed by atoms with E-state index in [4.69, 9.17) is 4.18 Å². The van der Waals surface area contributed by atoms with E-state index in [0.29, 0.717) is 5.75 Å². The molecular weight excluding hydrogens is 214 g/mol. The molecule has 15 heavy (non-hydrogen) atoms. The Bertz CT molecular complexity index is 571. The minimum Gasteiger partial charge on any atom is -0.380 e. The molecule has 2 aromatic rings. The van der Waals surface area contributed by atoms with E-state index in [2.05, 4.69) is 4.98 Å². The van der Waals surface area contributed by atoms with Crippen molar-refractivity contribution >= 4 is 21.0 Å². The average Bonchev–Trinajstić information content (AvgIpc) is 2.62. The SMILES string of the molecule is CCS(=O)(=O)Oc1c[nH]c2ccccc12. The fourth-order valence-electron chi connectivity index (χ4n) is 1.31. The van der Waals surface area contributed by atoms with Crippen LogP contribution >= 0.6 is 0 Å². The molecule has 1 heterocycles. The molecule has 0 aliphatic rings. The minimum atomic E-state index is -3.45. The number of fused-ring (bicyclic) bond motifs is 1. The molecule has 0 saturated carbocycles. The summed E-state index contributed by atoms with van der Waals surface area (Å²) in [6, 6.07) is 7.38. The number of nitrogens with one attached hydrogen (secondary N) is 1. The number of H-pyrrole nitrogens is 1. The number of benzene rings is 1. The summed E-state index contributed by atoms with van der Waals surface area (Å²) in [5.41, 5.74) is 0.860. The van der Waals surface area contributed by atoms with E-state index in [-0.39, 0.29) is 5.75 Å². The molecule has 0 unspecified atom stereocenters. The summed E-state index contributed by atoms with van der Waals surface area (Å²) >= 11 is 0. The van der Waals surface area contributed by atoms with Crippen LogP contribution < -0.4 is 4.18 Å². The van der Waals surface area contributed by atoms with E-state index in [1.807, 2.05) is 24.3 Å². The van der Waals surface area contributed by atoms with Crippen molar-refractivity contribution in [1.82, 2.24) is 4.98 Å². The van der Waals surface area contributed by atoms with Crippen molar-refractivity contribution in [2.45, 2.75) is 6.92 Å². The molecule has 0 amide bonds. The summed E-state index contributed by atoms with van der Waals surface area (Å²) in [5, 5.41) is 0.773. The van der Waals surface area contributed by atoms with Gasteiger partial charge in [-0.1, -0.05) is 12.1 Å². The third kappa shape index (κ3) is 1.97. The predicted octanol–water partition coefficient (Wildman–Crippen LogP) is 1.90. The van der Waals surface area contributed by atoms with Gasteiger partial charge in [0.15, 0.2) is 5.75 Å². The van der Waals surface area contributed by atoms with Crippen molar-refractivity contribution < 1.29 is 12.6 Å². The lowest BCUT2D eigenvalue weighted by Crippen LogP contribution is -2.10. The summed E-state index contributed by atoms with van der Waals surface area (Å²) < 4.78 is 27.5. The standard InChI is InChI=1S/C10H11NO3S/c1-2-15(12,13)14-10-7-11-9-6-4-3-5-8(9)10/h3-7,11H,2H2,1H3. The molecule has 0 fully saturated rings. The summed E-state index contributed by atoms with van der Waals surface area (Å²) in [4.78, 5) is 2.95. The first kappa shape index (κ1) is 10.0. The van der Waals surface area contributed by atoms with Gasteiger partial charge in [0.2, 0.25) is 0 Å². The van der Waals surface area contributed by atoms with Crippen LogP contribution in [-0.2, 0) is 10.1 Å². The Morgan fingerprint density at radius 2 is 2.07 bits per heavy atom. The molecule has 0 spiro atoms. The van der Waals surface area contributed by atoms with E-state index in [1.165, 1.54) is 0 Å². The van der Waals surface area contributed by atoms with Gasteiger partial charge in [-0.05, 0) is 19.1 Å². The van der Waals surface area contributed by atoms with Crippen LogP contribution in [0.4, 0.5) is 0 Å². The van der Waals surface area contributed by atoms with E-state index < -0.39 is 10.1 Å². The lowest BCUT2D eigenvalue weighted by Gasteiger charge is -2.02. The maximum absolute atomic E-state index is 11.3. The van der Waals surface area contributed by atoms with Crippen LogP contribution in [-0.4, -0.2) is 19.2 Å². The fourth-order valence-corrected chi connectivity index (χ4v) is 1.84. The zero-order chi connectivity index (χ0) is 10.9. The zero-order valence-corrected chi connectivity index (χ0v) is 9.04. The monoisotopic (exact) mass is 225 g/mol. The first-order chi connectivity index (χ1) is 7.12. The first-order valence-electron chi connectivity index (χ1n) is 4.60. The van der Waals surface area contributed by atoms with Crippen LogP contribution in [0.15, 0.2) is 30.5 Å². The number of aromatic nitrogens is 1. The van der Waals surface area contributed by atoms with Crippen molar-refractivity contribution in [2.75, 3.05) is 5.75 Å². The van der Waals surface area contributed by atoms with Gasteiger partial charge in [-0.15, -0.1) is 0 Å². The largest absolute Gasteiger partial charge is 0.380 e. The second kappa shape index (κ2) is 3.58. The number of rotatable bonds is 3. The van der Waals surface area contributed by atoms with Crippen molar-refractivity contribution in [3.05, 3.63) is 30.5 Å². The minimum absolute atomic E-state index is 0.0352. The van der Waals surface area contributed by atoms with Gasteiger partial charge in [-0.3, -0.25) is 0 Å². The normalized spacial score (nSPS) is 11.8. The summed E-state index contributed by atoms with van der Waals surface area (Å²) in [6.07, 6.45) is 1.55. The highest BCUT2D eigenvalue weighted by atomic mass is 32.2. The number of hydrogen-bond donors (Lipinski definition) is 1. The van der Waals surface area contributed by atoms with Gasteiger partial charge in [-0.25, -0.2) is 0 Å². The third-order valence-electron chi connectivity index (χ3n) is 2.12. The van der Waals surface area contributed by atoms with Crippen molar-refractivity contribution in [1.29, 1.82) is 0 Å². The van der Waals surface area contributed by atoms with Gasteiger partial charge in [0.25, 0.3) is 0 Å². The lowest BCUT2D eigenvalue weighted by molar-refractivity contribution is 0.490. The molecule has 4 nitrogen and oxygen atoms in total. The van der Waals surface area contributed by atoms with Gasteiger partial charge in [-0.2, -0.15) is 8.42 Å². The average molecular weight is 225 g/mol. The van der Waals surface area contributed by atoms with Gasteiger partial charge >= 0.3 is 10.1 Å². The van der Waals surface area contributed by atoms with E-state index in [9.17, 15) is 8.42 Å². The maximum Gasteiger partial charge on any atom is 0.308 e. The Labute approximate surface area is 88.0 Å². The Morgan fingerprint density at radius 3 is 2.80 bits per heavy atom. The molecule has 5 heteroatoms. The Kier molecular flexibility index (Phi) is 2.40. The molecule has 1 N–H and O–H groups in total. The van der Waals surface area contributed by atoms with Crippen LogP contribution in [0.1, 0.15) is 6.92 Å². The van der Waals surface area contributed by atoms with Crippen LogP contribution in [0.5, 0.6) is 5.75 Å². The van der Waals surface area contributed by atoms with Gasteiger partial charge < -0.3 is 9.17 Å². The van der Waals surface area contributed by atoms with Crippen LogP contribution in [0.2, 0.25) is 0 Å². The van der Waals surface area contributed by atoms with Crippen molar-refractivity contribution in [2.24, 2.45) is 0 Å². The molecule has 80 valence electrons. The van der Waals surface area contributed by atoms with Gasteiger partial charge in [0.1, 0.15) is 0 Å².